The number of nitrogens with zero attached hydrogens (tertiary/aromatic N) is 2. The topological polar surface area (TPSA) is 107 Å². The Morgan fingerprint density at radius 1 is 1.36 bits per heavy atom. The zero-order valence-electron chi connectivity index (χ0n) is 11.9. The van der Waals surface area contributed by atoms with Gasteiger partial charge < -0.3 is 15.8 Å². The number of nitrogen functional groups attached to an aromatic ring is 1. The van der Waals surface area contributed by atoms with Crippen LogP contribution in [-0.4, -0.2) is 34.4 Å². The number of rotatable bonds is 5. The molecule has 0 saturated heterocycles. The van der Waals surface area contributed by atoms with E-state index in [1.54, 1.807) is 31.2 Å². The summed E-state index contributed by atoms with van der Waals surface area (Å²) in [5.74, 6) is -0.761. The summed E-state index contributed by atoms with van der Waals surface area (Å²) in [7, 11) is 1.29. The van der Waals surface area contributed by atoms with Gasteiger partial charge in [0, 0.05) is 0 Å². The standard InChI is InChI=1S/C13H14N4O3S2/c1-7(21-13-17-16-12(14)22-13)10(18)15-9-6-4-3-5-8(9)11(19)20-2/h3-7H,1-2H3,(H2,14,16)(H,15,18). The molecule has 2 rings (SSSR count). The van der Waals surface area contributed by atoms with Gasteiger partial charge in [-0.25, -0.2) is 4.79 Å². The molecule has 1 amide bonds. The molecular weight excluding hydrogens is 324 g/mol. The highest BCUT2D eigenvalue weighted by atomic mass is 32.2. The van der Waals surface area contributed by atoms with Crippen LogP contribution in [0, 0.1) is 0 Å². The third kappa shape index (κ3) is 3.95. The number of benzene rings is 1. The molecule has 0 aliphatic carbocycles. The lowest BCUT2D eigenvalue weighted by Crippen LogP contribution is -2.23. The van der Waals surface area contributed by atoms with E-state index in [1.807, 2.05) is 0 Å². The second-order valence-electron chi connectivity index (χ2n) is 4.19. The Kier molecular flexibility index (Phi) is 5.34. The van der Waals surface area contributed by atoms with E-state index < -0.39 is 11.2 Å². The number of ether oxygens (including phenoxy) is 1. The number of carbonyl (C=O) groups is 2. The van der Waals surface area contributed by atoms with E-state index in [-0.39, 0.29) is 5.91 Å². The van der Waals surface area contributed by atoms with Crippen LogP contribution in [0.15, 0.2) is 28.6 Å². The number of hydrogen-bond donors (Lipinski definition) is 2. The predicted molar refractivity (Wildman–Crippen MR) is 86.1 cm³/mol. The summed E-state index contributed by atoms with van der Waals surface area (Å²) in [6.07, 6.45) is 0. The van der Waals surface area contributed by atoms with Crippen molar-refractivity contribution >= 4 is 45.8 Å². The monoisotopic (exact) mass is 338 g/mol. The lowest BCUT2D eigenvalue weighted by atomic mass is 10.2. The molecule has 0 aliphatic rings. The van der Waals surface area contributed by atoms with Crippen molar-refractivity contribution in [2.24, 2.45) is 0 Å². The van der Waals surface area contributed by atoms with Gasteiger partial charge in [-0.05, 0) is 19.1 Å². The van der Waals surface area contributed by atoms with E-state index in [2.05, 4.69) is 15.5 Å². The van der Waals surface area contributed by atoms with Gasteiger partial charge in [0.15, 0.2) is 4.34 Å². The van der Waals surface area contributed by atoms with Gasteiger partial charge in [-0.2, -0.15) is 0 Å². The minimum absolute atomic E-state index is 0.255. The van der Waals surface area contributed by atoms with Crippen LogP contribution in [0.5, 0.6) is 0 Å². The van der Waals surface area contributed by atoms with Gasteiger partial charge in [0.05, 0.1) is 23.6 Å². The second-order valence-corrected chi connectivity index (χ2v) is 6.79. The Labute approximate surface area is 135 Å². The molecule has 1 aromatic carbocycles. The smallest absolute Gasteiger partial charge is 0.339 e. The van der Waals surface area contributed by atoms with Crippen LogP contribution in [0.25, 0.3) is 0 Å². The number of nitrogens with two attached hydrogens (primary N) is 1. The number of hydrogen-bond acceptors (Lipinski definition) is 8. The summed E-state index contributed by atoms with van der Waals surface area (Å²) in [4.78, 5) is 23.9. The van der Waals surface area contributed by atoms with Crippen LogP contribution in [0.4, 0.5) is 10.8 Å². The molecule has 9 heteroatoms. The summed E-state index contributed by atoms with van der Waals surface area (Å²) < 4.78 is 5.30. The molecule has 2 aromatic rings. The number of thioether (sulfide) groups is 1. The molecule has 22 heavy (non-hydrogen) atoms. The first-order chi connectivity index (χ1) is 10.5. The van der Waals surface area contributed by atoms with Crippen LogP contribution in [-0.2, 0) is 9.53 Å². The van der Waals surface area contributed by atoms with Gasteiger partial charge in [-0.1, -0.05) is 35.2 Å². The summed E-state index contributed by atoms with van der Waals surface area (Å²) >= 11 is 2.46. The van der Waals surface area contributed by atoms with E-state index in [9.17, 15) is 9.59 Å². The number of para-hydroxylation sites is 1. The average Bonchev–Trinajstić information content (AvgIpc) is 2.92. The largest absolute Gasteiger partial charge is 0.465 e. The van der Waals surface area contributed by atoms with Crippen molar-refractivity contribution in [3.63, 3.8) is 0 Å². The molecule has 116 valence electrons. The van der Waals surface area contributed by atoms with Crippen molar-refractivity contribution < 1.29 is 14.3 Å². The molecule has 0 aliphatic heterocycles. The fraction of sp³-hybridized carbons (Fsp3) is 0.231. The normalized spacial score (nSPS) is 11.7. The molecule has 7 nitrogen and oxygen atoms in total. The predicted octanol–water partition coefficient (Wildman–Crippen LogP) is 2.03. The maximum Gasteiger partial charge on any atom is 0.339 e. The van der Waals surface area contributed by atoms with Gasteiger partial charge in [-0.3, -0.25) is 4.79 Å². The Bertz CT molecular complexity index is 689. The third-order valence-corrected chi connectivity index (χ3v) is 4.60. The van der Waals surface area contributed by atoms with E-state index in [1.165, 1.54) is 30.2 Å². The summed E-state index contributed by atoms with van der Waals surface area (Å²) in [5, 5.41) is 10.2. The van der Waals surface area contributed by atoms with Crippen LogP contribution >= 0.6 is 23.1 Å². The van der Waals surface area contributed by atoms with Gasteiger partial charge in [-0.15, -0.1) is 10.2 Å². The molecule has 1 unspecified atom stereocenters. The van der Waals surface area contributed by atoms with Gasteiger partial charge in [0.1, 0.15) is 0 Å². The molecule has 0 saturated carbocycles. The number of carbonyl (C=O) groups excluding carboxylic acids is 2. The number of aromatic nitrogens is 2. The molecular formula is C13H14N4O3S2. The van der Waals surface area contributed by atoms with Gasteiger partial charge in [0.25, 0.3) is 0 Å². The number of methoxy groups -OCH3 is 1. The Morgan fingerprint density at radius 2 is 2.09 bits per heavy atom. The fourth-order valence-electron chi connectivity index (χ4n) is 1.59. The molecule has 1 heterocycles. The quantitative estimate of drug-likeness (QED) is 0.634. The highest BCUT2D eigenvalue weighted by Gasteiger charge is 2.19. The highest BCUT2D eigenvalue weighted by molar-refractivity contribution is 8.02. The van der Waals surface area contributed by atoms with Crippen molar-refractivity contribution in [3.05, 3.63) is 29.8 Å². The summed E-state index contributed by atoms with van der Waals surface area (Å²) in [5.41, 5.74) is 6.21. The number of anilines is 2. The Balaban J connectivity index is 2.07. The maximum absolute atomic E-state index is 12.2. The van der Waals surface area contributed by atoms with E-state index in [0.29, 0.717) is 20.7 Å². The van der Waals surface area contributed by atoms with Crippen molar-refractivity contribution in [1.82, 2.24) is 10.2 Å². The average molecular weight is 338 g/mol. The van der Waals surface area contributed by atoms with Crippen molar-refractivity contribution in [2.45, 2.75) is 16.5 Å². The zero-order valence-corrected chi connectivity index (χ0v) is 13.5. The second kappa shape index (κ2) is 7.23. The van der Waals surface area contributed by atoms with Crippen LogP contribution in [0.3, 0.4) is 0 Å². The number of amides is 1. The van der Waals surface area contributed by atoms with Crippen molar-refractivity contribution in [3.8, 4) is 0 Å². The van der Waals surface area contributed by atoms with Crippen LogP contribution < -0.4 is 11.1 Å². The van der Waals surface area contributed by atoms with Crippen molar-refractivity contribution in [1.29, 1.82) is 0 Å². The Hall–Kier alpha value is -2.13. The minimum Gasteiger partial charge on any atom is -0.465 e. The SMILES string of the molecule is COC(=O)c1ccccc1NC(=O)C(C)Sc1nnc(N)s1. The molecule has 1 atom stereocenters. The maximum atomic E-state index is 12.2. The van der Waals surface area contributed by atoms with Crippen LogP contribution in [0.2, 0.25) is 0 Å². The first kappa shape index (κ1) is 16.2. The molecule has 1 aromatic heterocycles. The molecule has 0 spiro atoms. The Morgan fingerprint density at radius 3 is 2.73 bits per heavy atom. The van der Waals surface area contributed by atoms with E-state index >= 15 is 0 Å². The van der Waals surface area contributed by atoms with Crippen LogP contribution in [0.1, 0.15) is 17.3 Å². The van der Waals surface area contributed by atoms with Gasteiger partial charge >= 0.3 is 5.97 Å². The highest BCUT2D eigenvalue weighted by Crippen LogP contribution is 2.28. The van der Waals surface area contributed by atoms with E-state index in [4.69, 9.17) is 10.5 Å². The molecule has 0 radical (unpaired) electrons. The zero-order chi connectivity index (χ0) is 16.1. The third-order valence-electron chi connectivity index (χ3n) is 2.66. The van der Waals surface area contributed by atoms with E-state index in [0.717, 1.165) is 0 Å². The number of esters is 1. The fourth-order valence-corrected chi connectivity index (χ4v) is 3.37. The molecule has 0 bridgehead atoms. The number of nitrogens with one attached hydrogen (secondary N) is 1. The first-order valence-corrected chi connectivity index (χ1v) is 7.94. The molecule has 3 N–H and O–H groups in total. The van der Waals surface area contributed by atoms with Crippen molar-refractivity contribution in [2.75, 3.05) is 18.2 Å². The lowest BCUT2D eigenvalue weighted by molar-refractivity contribution is -0.115. The lowest BCUT2D eigenvalue weighted by Gasteiger charge is -2.12. The minimum atomic E-state index is -0.506. The first-order valence-electron chi connectivity index (χ1n) is 6.25. The summed E-state index contributed by atoms with van der Waals surface area (Å²) in [6.45, 7) is 1.73. The molecule has 0 fully saturated rings. The van der Waals surface area contributed by atoms with Gasteiger partial charge in [0.2, 0.25) is 11.0 Å². The summed E-state index contributed by atoms with van der Waals surface area (Å²) in [6, 6.07) is 6.66.